The zero-order valence-corrected chi connectivity index (χ0v) is 17.1. The van der Waals surface area contributed by atoms with Crippen molar-refractivity contribution in [1.29, 1.82) is 0 Å². The fourth-order valence-corrected chi connectivity index (χ4v) is 4.83. The number of amides is 2. The van der Waals surface area contributed by atoms with E-state index < -0.39 is 5.25 Å². The molecule has 0 aromatic heterocycles. The number of nitrogens with zero attached hydrogens (tertiary/aromatic N) is 1. The van der Waals surface area contributed by atoms with Crippen LogP contribution in [0.1, 0.15) is 19.8 Å². The summed E-state index contributed by atoms with van der Waals surface area (Å²) < 4.78 is 0. The maximum atomic E-state index is 12.4. The molecule has 2 heterocycles. The molecule has 28 heavy (non-hydrogen) atoms. The molecule has 4 rings (SSSR count). The Hall–Kier alpha value is -2.18. The molecule has 0 aliphatic carbocycles. The molecule has 2 atom stereocenters. The van der Waals surface area contributed by atoms with E-state index in [0.29, 0.717) is 10.7 Å². The lowest BCUT2D eigenvalue weighted by atomic mass is 10.2. The van der Waals surface area contributed by atoms with E-state index >= 15 is 0 Å². The first-order valence-electron chi connectivity index (χ1n) is 9.40. The zero-order chi connectivity index (χ0) is 19.7. The molecule has 0 saturated carbocycles. The Morgan fingerprint density at radius 1 is 1.29 bits per heavy atom. The van der Waals surface area contributed by atoms with Gasteiger partial charge in [0.25, 0.3) is 0 Å². The molecule has 0 spiro atoms. The van der Waals surface area contributed by atoms with Crippen molar-refractivity contribution in [3.63, 3.8) is 0 Å². The summed E-state index contributed by atoms with van der Waals surface area (Å²) in [7, 11) is 0. The predicted octanol–water partition coefficient (Wildman–Crippen LogP) is 4.63. The van der Waals surface area contributed by atoms with E-state index in [1.165, 1.54) is 23.9 Å². The van der Waals surface area contributed by atoms with E-state index in [4.69, 9.17) is 11.6 Å². The highest BCUT2D eigenvalue weighted by atomic mass is 35.5. The third-order valence-corrected chi connectivity index (χ3v) is 6.58. The van der Waals surface area contributed by atoms with Gasteiger partial charge in [-0.15, -0.1) is 11.8 Å². The van der Waals surface area contributed by atoms with E-state index in [1.807, 2.05) is 30.3 Å². The van der Waals surface area contributed by atoms with Crippen molar-refractivity contribution >= 4 is 52.2 Å². The van der Waals surface area contributed by atoms with Crippen LogP contribution < -0.4 is 15.5 Å². The smallest absolute Gasteiger partial charge is 0.238 e. The lowest BCUT2D eigenvalue weighted by Crippen LogP contribution is -2.32. The molecule has 2 aliphatic rings. The maximum absolute atomic E-state index is 12.4. The molecule has 2 amide bonds. The van der Waals surface area contributed by atoms with E-state index in [1.54, 1.807) is 12.1 Å². The largest absolute Gasteiger partial charge is 0.371 e. The molecule has 2 unspecified atom stereocenters. The first-order chi connectivity index (χ1) is 13.5. The van der Waals surface area contributed by atoms with Gasteiger partial charge < -0.3 is 15.5 Å². The van der Waals surface area contributed by atoms with E-state index in [-0.39, 0.29) is 18.2 Å². The number of hydrogen-bond donors (Lipinski definition) is 2. The van der Waals surface area contributed by atoms with Gasteiger partial charge in [-0.1, -0.05) is 18.5 Å². The van der Waals surface area contributed by atoms with Crippen LogP contribution in [0.5, 0.6) is 0 Å². The van der Waals surface area contributed by atoms with Crippen molar-refractivity contribution in [3.8, 4) is 0 Å². The first-order valence-corrected chi connectivity index (χ1v) is 10.7. The van der Waals surface area contributed by atoms with Crippen LogP contribution in [-0.4, -0.2) is 30.2 Å². The number of carbonyl (C=O) groups is 2. The van der Waals surface area contributed by atoms with Crippen molar-refractivity contribution < 1.29 is 9.59 Å². The number of hydrogen-bond acceptors (Lipinski definition) is 4. The molecule has 2 N–H and O–H groups in total. The molecule has 2 aromatic rings. The maximum Gasteiger partial charge on any atom is 0.238 e. The van der Waals surface area contributed by atoms with Crippen LogP contribution in [-0.2, 0) is 9.59 Å². The molecule has 0 radical (unpaired) electrons. The van der Waals surface area contributed by atoms with Gasteiger partial charge in [-0.05, 0) is 54.8 Å². The lowest BCUT2D eigenvalue weighted by molar-refractivity contribution is -0.120. The SMILES string of the molecule is CC1CCN(c2ccc(NC(=O)CC3Sc4ccc(Cl)cc4NC3=O)cc2)C1. The zero-order valence-electron chi connectivity index (χ0n) is 15.6. The van der Waals surface area contributed by atoms with Crippen LogP contribution in [0.3, 0.4) is 0 Å². The van der Waals surface area contributed by atoms with Crippen LogP contribution in [0.15, 0.2) is 47.4 Å². The van der Waals surface area contributed by atoms with Gasteiger partial charge in [-0.3, -0.25) is 9.59 Å². The summed E-state index contributed by atoms with van der Waals surface area (Å²) in [5.74, 6) is 0.376. The summed E-state index contributed by atoms with van der Waals surface area (Å²) in [6, 6.07) is 13.3. The second-order valence-electron chi connectivity index (χ2n) is 7.38. The molecule has 5 nitrogen and oxygen atoms in total. The van der Waals surface area contributed by atoms with Crippen molar-refractivity contribution in [2.45, 2.75) is 29.9 Å². The van der Waals surface area contributed by atoms with Gasteiger partial charge in [-0.25, -0.2) is 0 Å². The van der Waals surface area contributed by atoms with Gasteiger partial charge in [0.15, 0.2) is 0 Å². The summed E-state index contributed by atoms with van der Waals surface area (Å²) >= 11 is 7.36. The van der Waals surface area contributed by atoms with Crippen LogP contribution in [0, 0.1) is 5.92 Å². The van der Waals surface area contributed by atoms with Crippen molar-refractivity contribution in [3.05, 3.63) is 47.5 Å². The minimum Gasteiger partial charge on any atom is -0.371 e. The van der Waals surface area contributed by atoms with Crippen LogP contribution in [0.25, 0.3) is 0 Å². The highest BCUT2D eigenvalue weighted by Gasteiger charge is 2.29. The Bertz CT molecular complexity index is 903. The third-order valence-electron chi connectivity index (χ3n) is 5.07. The fourth-order valence-electron chi connectivity index (χ4n) is 3.56. The van der Waals surface area contributed by atoms with E-state index in [2.05, 4.69) is 22.5 Å². The Morgan fingerprint density at radius 3 is 2.79 bits per heavy atom. The van der Waals surface area contributed by atoms with Gasteiger partial charge in [-0.2, -0.15) is 0 Å². The molecular formula is C21H22ClN3O2S. The molecule has 1 fully saturated rings. The molecule has 7 heteroatoms. The summed E-state index contributed by atoms with van der Waals surface area (Å²) in [4.78, 5) is 28.0. The molecular weight excluding hydrogens is 394 g/mol. The van der Waals surface area contributed by atoms with Crippen LogP contribution in [0.4, 0.5) is 17.1 Å². The Balaban J connectivity index is 1.35. The van der Waals surface area contributed by atoms with Crippen LogP contribution >= 0.6 is 23.4 Å². The number of thioether (sulfide) groups is 1. The number of anilines is 3. The monoisotopic (exact) mass is 415 g/mol. The number of rotatable bonds is 4. The number of carbonyl (C=O) groups excluding carboxylic acids is 2. The predicted molar refractivity (Wildman–Crippen MR) is 115 cm³/mol. The summed E-state index contributed by atoms with van der Waals surface area (Å²) in [5, 5.41) is 5.84. The standard InChI is InChI=1S/C21H22ClN3O2S/c1-13-8-9-25(12-13)16-5-3-15(4-6-16)23-20(26)11-19-21(27)24-17-10-14(22)2-7-18(17)28-19/h2-7,10,13,19H,8-9,11-12H2,1H3,(H,23,26)(H,24,27). The topological polar surface area (TPSA) is 61.4 Å². The van der Waals surface area contributed by atoms with Crippen molar-refractivity contribution in [2.75, 3.05) is 28.6 Å². The van der Waals surface area contributed by atoms with Crippen molar-refractivity contribution in [2.24, 2.45) is 5.92 Å². The van der Waals surface area contributed by atoms with Gasteiger partial charge >= 0.3 is 0 Å². The average molecular weight is 416 g/mol. The normalized spacial score (nSPS) is 21.2. The molecule has 2 aromatic carbocycles. The molecule has 0 bridgehead atoms. The van der Waals surface area contributed by atoms with Gasteiger partial charge in [0.1, 0.15) is 0 Å². The van der Waals surface area contributed by atoms with Crippen molar-refractivity contribution in [1.82, 2.24) is 0 Å². The number of nitrogens with one attached hydrogen (secondary N) is 2. The summed E-state index contributed by atoms with van der Waals surface area (Å²) in [5.41, 5.74) is 2.63. The second-order valence-corrected chi connectivity index (χ2v) is 9.06. The fraction of sp³-hybridized carbons (Fsp3) is 0.333. The Morgan fingerprint density at radius 2 is 2.07 bits per heavy atom. The average Bonchev–Trinajstić information content (AvgIpc) is 3.09. The molecule has 2 aliphatic heterocycles. The third kappa shape index (κ3) is 4.28. The van der Waals surface area contributed by atoms with Crippen LogP contribution in [0.2, 0.25) is 5.02 Å². The van der Waals surface area contributed by atoms with Gasteiger partial charge in [0.05, 0.1) is 10.9 Å². The lowest BCUT2D eigenvalue weighted by Gasteiger charge is -2.24. The summed E-state index contributed by atoms with van der Waals surface area (Å²) in [6.07, 6.45) is 1.33. The second kappa shape index (κ2) is 8.05. The summed E-state index contributed by atoms with van der Waals surface area (Å²) in [6.45, 7) is 4.42. The van der Waals surface area contributed by atoms with E-state index in [9.17, 15) is 9.59 Å². The van der Waals surface area contributed by atoms with Gasteiger partial charge in [0, 0.05) is 40.8 Å². The highest BCUT2D eigenvalue weighted by Crippen LogP contribution is 2.38. The minimum atomic E-state index is -0.459. The Kier molecular flexibility index (Phi) is 5.51. The highest BCUT2D eigenvalue weighted by molar-refractivity contribution is 8.01. The molecule has 1 saturated heterocycles. The first kappa shape index (κ1) is 19.2. The van der Waals surface area contributed by atoms with Gasteiger partial charge in [0.2, 0.25) is 11.8 Å². The number of benzene rings is 2. The number of fused-ring (bicyclic) bond motifs is 1. The quantitative estimate of drug-likeness (QED) is 0.764. The minimum absolute atomic E-state index is 0.115. The number of halogens is 1. The molecule has 146 valence electrons. The Labute approximate surface area is 173 Å². The van der Waals surface area contributed by atoms with E-state index in [0.717, 1.165) is 29.6 Å².